The first-order valence-corrected chi connectivity index (χ1v) is 10.9. The summed E-state index contributed by atoms with van der Waals surface area (Å²) in [5, 5.41) is 12.1. The van der Waals surface area contributed by atoms with E-state index in [0.29, 0.717) is 0 Å². The molecule has 3 fully saturated rings. The molecule has 1 N–H and O–H groups in total. The molecule has 1 aromatic carbocycles. The Balaban J connectivity index is 1.53. The van der Waals surface area contributed by atoms with E-state index in [1.807, 2.05) is 0 Å². The number of methoxy groups -OCH3 is 1. The fraction of sp³-hybridized carbons (Fsp3) is 0.739. The molecule has 1 aromatic rings. The summed E-state index contributed by atoms with van der Waals surface area (Å²) < 4.78 is 10.8. The minimum absolute atomic E-state index is 0.0912. The van der Waals surface area contributed by atoms with Crippen LogP contribution in [0, 0.1) is 5.92 Å². The highest BCUT2D eigenvalue weighted by Crippen LogP contribution is 2.58. The Kier molecular flexibility index (Phi) is 4.49. The summed E-state index contributed by atoms with van der Waals surface area (Å²) in [6.45, 7) is 2.59. The number of ether oxygens (including phenoxy) is 2. The molecule has 1 aliphatic heterocycles. The highest BCUT2D eigenvalue weighted by molar-refractivity contribution is 5.48. The van der Waals surface area contributed by atoms with Crippen molar-refractivity contribution in [2.45, 2.75) is 74.8 Å². The minimum Gasteiger partial charge on any atom is -0.468 e. The maximum absolute atomic E-state index is 12.1. The summed E-state index contributed by atoms with van der Waals surface area (Å²) in [5.74, 6) is 1.73. The first kappa shape index (κ1) is 18.0. The summed E-state index contributed by atoms with van der Waals surface area (Å²) in [6.07, 6.45) is 10.6. The van der Waals surface area contributed by atoms with Gasteiger partial charge in [-0.15, -0.1) is 0 Å². The van der Waals surface area contributed by atoms with Crippen molar-refractivity contribution in [3.63, 3.8) is 0 Å². The summed E-state index contributed by atoms with van der Waals surface area (Å²) in [5.41, 5.74) is 2.11. The van der Waals surface area contributed by atoms with Crippen molar-refractivity contribution in [3.8, 4) is 5.75 Å². The predicted octanol–water partition coefficient (Wildman–Crippen LogP) is 3.64. The van der Waals surface area contributed by atoms with E-state index in [1.54, 1.807) is 7.11 Å². The molecule has 27 heavy (non-hydrogen) atoms. The Hall–Kier alpha value is -1.10. The van der Waals surface area contributed by atoms with E-state index in [2.05, 4.69) is 23.1 Å². The van der Waals surface area contributed by atoms with E-state index in [-0.39, 0.29) is 18.2 Å². The zero-order valence-electron chi connectivity index (χ0n) is 16.6. The Bertz CT molecular complexity index is 703. The molecular weight excluding hydrogens is 338 g/mol. The van der Waals surface area contributed by atoms with Gasteiger partial charge in [-0.05, 0) is 74.2 Å². The molecule has 5 rings (SSSR count). The van der Waals surface area contributed by atoms with Gasteiger partial charge in [0.2, 0.25) is 0 Å². The number of benzene rings is 1. The number of piperidine rings is 1. The van der Waals surface area contributed by atoms with Gasteiger partial charge in [-0.3, -0.25) is 4.90 Å². The van der Waals surface area contributed by atoms with Crippen molar-refractivity contribution in [1.82, 2.24) is 4.90 Å². The lowest BCUT2D eigenvalue weighted by Gasteiger charge is -2.64. The maximum Gasteiger partial charge on any atom is 0.188 e. The first-order chi connectivity index (χ1) is 13.2. The second-order valence-electron chi connectivity index (χ2n) is 9.35. The van der Waals surface area contributed by atoms with Gasteiger partial charge in [0, 0.05) is 25.1 Å². The second-order valence-corrected chi connectivity index (χ2v) is 9.35. The number of hydrogen-bond donors (Lipinski definition) is 1. The number of aliphatic hydroxyl groups is 1. The van der Waals surface area contributed by atoms with Crippen LogP contribution in [-0.2, 0) is 16.6 Å². The number of fused-ring (bicyclic) bond motifs is 1. The quantitative estimate of drug-likeness (QED) is 0.803. The van der Waals surface area contributed by atoms with Gasteiger partial charge in [0.25, 0.3) is 0 Å². The third kappa shape index (κ3) is 2.67. The predicted molar refractivity (Wildman–Crippen MR) is 105 cm³/mol. The van der Waals surface area contributed by atoms with E-state index in [0.717, 1.165) is 50.3 Å². The number of rotatable bonds is 5. The second kappa shape index (κ2) is 6.75. The van der Waals surface area contributed by atoms with E-state index < -0.39 is 5.60 Å². The van der Waals surface area contributed by atoms with E-state index >= 15 is 0 Å². The number of hydrogen-bond acceptors (Lipinski definition) is 4. The monoisotopic (exact) mass is 371 g/mol. The highest BCUT2D eigenvalue weighted by atomic mass is 16.7. The molecule has 4 nitrogen and oxygen atoms in total. The molecule has 3 aliphatic carbocycles. The van der Waals surface area contributed by atoms with Crippen molar-refractivity contribution in [3.05, 3.63) is 29.3 Å². The minimum atomic E-state index is -0.583. The molecule has 1 heterocycles. The summed E-state index contributed by atoms with van der Waals surface area (Å²) in [6, 6.07) is 6.82. The van der Waals surface area contributed by atoms with Crippen molar-refractivity contribution in [1.29, 1.82) is 0 Å². The van der Waals surface area contributed by atoms with Crippen LogP contribution >= 0.6 is 0 Å². The topological polar surface area (TPSA) is 41.9 Å². The molecular formula is C23H33NO3. The fourth-order valence-corrected chi connectivity index (χ4v) is 6.53. The average Bonchev–Trinajstić information content (AvgIpc) is 2.64. The van der Waals surface area contributed by atoms with Crippen LogP contribution in [0.3, 0.4) is 0 Å². The van der Waals surface area contributed by atoms with Crippen LogP contribution in [-0.4, -0.2) is 48.6 Å². The van der Waals surface area contributed by atoms with Crippen LogP contribution < -0.4 is 4.74 Å². The molecule has 0 unspecified atom stereocenters. The third-order valence-corrected chi connectivity index (χ3v) is 8.13. The van der Waals surface area contributed by atoms with Gasteiger partial charge in [-0.1, -0.05) is 25.3 Å². The lowest BCUT2D eigenvalue weighted by atomic mass is 9.49. The molecule has 0 spiro atoms. The Morgan fingerprint density at radius 1 is 1.15 bits per heavy atom. The van der Waals surface area contributed by atoms with Gasteiger partial charge in [-0.2, -0.15) is 0 Å². The van der Waals surface area contributed by atoms with Crippen LogP contribution in [0.15, 0.2) is 18.2 Å². The van der Waals surface area contributed by atoms with Crippen molar-refractivity contribution in [2.75, 3.05) is 27.0 Å². The molecule has 1 saturated heterocycles. The molecule has 0 radical (unpaired) electrons. The Morgan fingerprint density at radius 2 is 2.00 bits per heavy atom. The van der Waals surface area contributed by atoms with Crippen LogP contribution in [0.1, 0.15) is 62.5 Å². The first-order valence-electron chi connectivity index (χ1n) is 10.9. The molecule has 0 aromatic heterocycles. The molecule has 2 saturated carbocycles. The molecule has 148 valence electrons. The molecule has 4 heteroatoms. The van der Waals surface area contributed by atoms with Crippen LogP contribution in [0.25, 0.3) is 0 Å². The standard InChI is InChI=1S/C23H33NO3/c1-26-16-27-19-8-7-18-13-21-23(25)10-3-2-9-22(23,20(18)14-19)11-12-24(21)15-17-5-4-6-17/h7-8,14,17,21,25H,2-6,9-13,15-16H2,1H3/t21-,22+,23-/m1/s1. The normalized spacial score (nSPS) is 35.9. The van der Waals surface area contributed by atoms with Crippen LogP contribution in [0.4, 0.5) is 0 Å². The number of likely N-dealkylation sites (tertiary alicyclic amines) is 1. The van der Waals surface area contributed by atoms with Crippen LogP contribution in [0.5, 0.6) is 5.75 Å². The zero-order chi connectivity index (χ0) is 18.5. The van der Waals surface area contributed by atoms with Gasteiger partial charge in [0.05, 0.1) is 5.60 Å². The maximum atomic E-state index is 12.1. The van der Waals surface area contributed by atoms with E-state index in [4.69, 9.17) is 9.47 Å². The van der Waals surface area contributed by atoms with E-state index in [9.17, 15) is 5.11 Å². The van der Waals surface area contributed by atoms with Crippen molar-refractivity contribution < 1.29 is 14.6 Å². The molecule has 3 atom stereocenters. The van der Waals surface area contributed by atoms with Gasteiger partial charge in [0.1, 0.15) is 5.75 Å². The average molecular weight is 372 g/mol. The lowest BCUT2D eigenvalue weighted by Crippen LogP contribution is -2.72. The van der Waals surface area contributed by atoms with Gasteiger partial charge in [-0.25, -0.2) is 0 Å². The van der Waals surface area contributed by atoms with Gasteiger partial charge in [0.15, 0.2) is 6.79 Å². The molecule has 0 amide bonds. The van der Waals surface area contributed by atoms with Crippen molar-refractivity contribution >= 4 is 0 Å². The summed E-state index contributed by atoms with van der Waals surface area (Å²) in [4.78, 5) is 2.66. The lowest BCUT2D eigenvalue weighted by molar-refractivity contribution is -0.169. The SMILES string of the molecule is COCOc1ccc2c(c1)[C@@]13CCCC[C@@]1(O)[C@@H](C2)N(CC1CCC1)CC3. The Labute approximate surface area is 162 Å². The summed E-state index contributed by atoms with van der Waals surface area (Å²) >= 11 is 0. The summed E-state index contributed by atoms with van der Waals surface area (Å²) in [7, 11) is 1.65. The Morgan fingerprint density at radius 3 is 2.78 bits per heavy atom. The smallest absolute Gasteiger partial charge is 0.188 e. The third-order valence-electron chi connectivity index (χ3n) is 8.13. The number of nitrogens with zero attached hydrogens (tertiary/aromatic N) is 1. The fourth-order valence-electron chi connectivity index (χ4n) is 6.53. The molecule has 4 aliphatic rings. The van der Waals surface area contributed by atoms with Gasteiger partial charge < -0.3 is 14.6 Å². The van der Waals surface area contributed by atoms with Gasteiger partial charge >= 0.3 is 0 Å². The molecule has 2 bridgehead atoms. The van der Waals surface area contributed by atoms with E-state index in [1.165, 1.54) is 43.4 Å². The largest absolute Gasteiger partial charge is 0.468 e. The highest BCUT2D eigenvalue weighted by Gasteiger charge is 2.63. The van der Waals surface area contributed by atoms with Crippen LogP contribution in [0.2, 0.25) is 0 Å². The zero-order valence-corrected chi connectivity index (χ0v) is 16.6. The van der Waals surface area contributed by atoms with Crippen molar-refractivity contribution in [2.24, 2.45) is 5.92 Å².